The van der Waals surface area contributed by atoms with E-state index in [0.29, 0.717) is 0 Å². The highest BCUT2D eigenvalue weighted by Crippen LogP contribution is 2.11. The maximum Gasteiger partial charge on any atom is -0.000394 e. The van der Waals surface area contributed by atoms with Crippen LogP contribution < -0.4 is 0 Å². The summed E-state index contributed by atoms with van der Waals surface area (Å²) in [5, 5.41) is 0. The quantitative estimate of drug-likeness (QED) is 0.437. The molecule has 8 heavy (non-hydrogen) atoms. The van der Waals surface area contributed by atoms with Gasteiger partial charge in [0.2, 0.25) is 0 Å². The van der Waals surface area contributed by atoms with Crippen LogP contribution in [0.25, 0.3) is 0 Å². The summed E-state index contributed by atoms with van der Waals surface area (Å²) in [6.45, 7) is 0. The summed E-state index contributed by atoms with van der Waals surface area (Å²) in [5.74, 6) is 0. The lowest BCUT2D eigenvalue weighted by molar-refractivity contribution is 0.792. The number of rotatable bonds is 0. The van der Waals surface area contributed by atoms with Crippen molar-refractivity contribution in [1.82, 2.24) is 0 Å². The van der Waals surface area contributed by atoms with Gasteiger partial charge in [0.1, 0.15) is 0 Å². The molecule has 1 fully saturated rings. The van der Waals surface area contributed by atoms with Crippen molar-refractivity contribution in [3.05, 3.63) is 32.1 Å². The van der Waals surface area contributed by atoms with Crippen LogP contribution in [-0.4, -0.2) is 0 Å². The largest absolute Gasteiger partial charge is 0.0524 e. The fraction of sp³-hybridized carbons (Fsp3) is 0.375. The molecule has 0 N–H and O–H groups in total. The van der Waals surface area contributed by atoms with Gasteiger partial charge in [-0.05, 0) is 44.9 Å². The van der Waals surface area contributed by atoms with E-state index in [4.69, 9.17) is 0 Å². The average molecular weight is 103 g/mol. The maximum atomic E-state index is 2.94. The van der Waals surface area contributed by atoms with Crippen molar-refractivity contribution in [3.8, 4) is 0 Å². The zero-order chi connectivity index (χ0) is 5.66. The van der Waals surface area contributed by atoms with E-state index in [1.807, 2.05) is 6.42 Å². The summed E-state index contributed by atoms with van der Waals surface area (Å²) < 4.78 is 0. The minimum Gasteiger partial charge on any atom is -0.0524 e. The van der Waals surface area contributed by atoms with Crippen molar-refractivity contribution < 1.29 is 0 Å². The van der Waals surface area contributed by atoms with E-state index in [0.717, 1.165) is 12.8 Å². The van der Waals surface area contributed by atoms with Gasteiger partial charge >= 0.3 is 0 Å². The van der Waals surface area contributed by atoms with Crippen molar-refractivity contribution in [2.75, 3.05) is 0 Å². The van der Waals surface area contributed by atoms with Crippen LogP contribution in [0.2, 0.25) is 0 Å². The van der Waals surface area contributed by atoms with E-state index in [1.165, 1.54) is 6.42 Å². The number of hydrogen-bond donors (Lipinski definition) is 0. The molecule has 0 unspecified atom stereocenters. The minimum atomic E-state index is 1.01. The van der Waals surface area contributed by atoms with Gasteiger partial charge in [-0.3, -0.25) is 0 Å². The van der Waals surface area contributed by atoms with Crippen LogP contribution in [-0.2, 0) is 0 Å². The molecule has 0 nitrogen and oxygen atoms in total. The van der Waals surface area contributed by atoms with Gasteiger partial charge in [0.25, 0.3) is 0 Å². The maximum absolute atomic E-state index is 2.94. The van der Waals surface area contributed by atoms with Crippen molar-refractivity contribution in [1.29, 1.82) is 0 Å². The summed E-state index contributed by atoms with van der Waals surface area (Å²) in [6.07, 6.45) is 16.5. The summed E-state index contributed by atoms with van der Waals surface area (Å²) in [4.78, 5) is 0. The van der Waals surface area contributed by atoms with Gasteiger partial charge in [-0.25, -0.2) is 0 Å². The standard InChI is InChI=1S/C8H7/c1-2-4-6-8-7-5-3-1/h1H,2,4,6H2. The molecule has 1 aliphatic carbocycles. The van der Waals surface area contributed by atoms with Gasteiger partial charge in [0.15, 0.2) is 0 Å². The van der Waals surface area contributed by atoms with Gasteiger partial charge in [-0.2, -0.15) is 0 Å². The molecule has 0 aromatic rings. The Morgan fingerprint density at radius 1 is 1.25 bits per heavy atom. The second-order valence-electron chi connectivity index (χ2n) is 1.67. The third-order valence-electron chi connectivity index (χ3n) is 0.975. The second-order valence-corrected chi connectivity index (χ2v) is 1.67. The Balaban J connectivity index is 2.00. The van der Waals surface area contributed by atoms with Crippen LogP contribution >= 0.6 is 0 Å². The first-order chi connectivity index (χ1) is 4.00. The third-order valence-corrected chi connectivity index (χ3v) is 0.975. The van der Waals surface area contributed by atoms with Crippen molar-refractivity contribution in [3.63, 3.8) is 0 Å². The van der Waals surface area contributed by atoms with Crippen LogP contribution in [0.4, 0.5) is 0 Å². The van der Waals surface area contributed by atoms with Crippen molar-refractivity contribution >= 4 is 0 Å². The molecule has 0 atom stereocenters. The predicted octanol–water partition coefficient (Wildman–Crippen LogP) is 1.70. The zero-order valence-corrected chi connectivity index (χ0v) is 4.70. The van der Waals surface area contributed by atoms with Crippen LogP contribution in [0, 0.1) is 32.1 Å². The molecule has 1 rings (SSSR count). The number of hydrogen-bond acceptors (Lipinski definition) is 0. The van der Waals surface area contributed by atoms with Crippen LogP contribution in [0.15, 0.2) is 0 Å². The van der Waals surface area contributed by atoms with Crippen molar-refractivity contribution in [2.24, 2.45) is 0 Å². The normalized spacial score (nSPS) is 24.0. The molecule has 0 heteroatoms. The average Bonchev–Trinajstić information content (AvgIpc) is 1.62. The second kappa shape index (κ2) is 3.94. The van der Waals surface area contributed by atoms with E-state index >= 15 is 0 Å². The van der Waals surface area contributed by atoms with E-state index < -0.39 is 0 Å². The minimum absolute atomic E-state index is 1.01. The van der Waals surface area contributed by atoms with Gasteiger partial charge in [0, 0.05) is 0 Å². The fourth-order valence-corrected chi connectivity index (χ4v) is 0.558. The van der Waals surface area contributed by atoms with Gasteiger partial charge < -0.3 is 0 Å². The monoisotopic (exact) mass is 103 g/mol. The Morgan fingerprint density at radius 3 is 3.25 bits per heavy atom. The summed E-state index contributed by atoms with van der Waals surface area (Å²) in [7, 11) is 0. The SMILES string of the molecule is [C]1[C][C]CCC[CH][C]1. The first kappa shape index (κ1) is 6.12. The molecule has 1 aliphatic rings. The molecule has 0 bridgehead atoms. The topological polar surface area (TPSA) is 0 Å². The molecular weight excluding hydrogens is 96.1 g/mol. The van der Waals surface area contributed by atoms with Crippen LogP contribution in [0.1, 0.15) is 19.3 Å². The van der Waals surface area contributed by atoms with Gasteiger partial charge in [-0.1, -0.05) is 6.42 Å². The Kier molecular flexibility index (Phi) is 3.01. The Morgan fingerprint density at radius 2 is 2.25 bits per heavy atom. The first-order valence-corrected chi connectivity index (χ1v) is 2.80. The van der Waals surface area contributed by atoms with Crippen LogP contribution in [0.3, 0.4) is 0 Å². The molecule has 39 valence electrons. The van der Waals surface area contributed by atoms with E-state index in [-0.39, 0.29) is 0 Å². The lowest BCUT2D eigenvalue weighted by Gasteiger charge is -2.02. The van der Waals surface area contributed by atoms with Gasteiger partial charge in [-0.15, -0.1) is 0 Å². The predicted molar refractivity (Wildman–Crippen MR) is 31.1 cm³/mol. The molecule has 0 aromatic carbocycles. The summed E-state index contributed by atoms with van der Waals surface area (Å²) in [5.41, 5.74) is 0. The molecule has 0 spiro atoms. The van der Waals surface area contributed by atoms with Gasteiger partial charge in [0.05, 0.1) is 0 Å². The first-order valence-electron chi connectivity index (χ1n) is 2.80. The lowest BCUT2D eigenvalue weighted by Crippen LogP contribution is -1.90. The molecule has 1 saturated carbocycles. The Hall–Kier alpha value is 0. The Labute approximate surface area is 52.3 Å². The summed E-state index contributed by atoms with van der Waals surface area (Å²) >= 11 is 0. The van der Waals surface area contributed by atoms with E-state index in [9.17, 15) is 0 Å². The molecule has 9 radical (unpaired) electrons. The van der Waals surface area contributed by atoms with E-state index in [1.54, 1.807) is 0 Å². The smallest absolute Gasteiger partial charge is 0.000394 e. The zero-order valence-electron chi connectivity index (χ0n) is 4.70. The molecule has 0 aliphatic heterocycles. The fourth-order valence-electron chi connectivity index (χ4n) is 0.558. The molecular formula is C8H7. The van der Waals surface area contributed by atoms with Crippen LogP contribution in [0.5, 0.6) is 0 Å². The molecule has 0 aromatic heterocycles. The highest BCUT2D eigenvalue weighted by molar-refractivity contribution is 5.10. The highest BCUT2D eigenvalue weighted by atomic mass is 14.0. The van der Waals surface area contributed by atoms with E-state index in [2.05, 4.69) is 25.7 Å². The highest BCUT2D eigenvalue weighted by Gasteiger charge is 1.98. The third kappa shape index (κ3) is 2.34. The van der Waals surface area contributed by atoms with Crippen molar-refractivity contribution in [2.45, 2.75) is 19.3 Å². The molecule has 0 amide bonds. The molecule has 0 heterocycles. The summed E-state index contributed by atoms with van der Waals surface area (Å²) in [6, 6.07) is 0. The molecule has 0 saturated heterocycles. The Bertz CT molecular complexity index is 24.0. The lowest BCUT2D eigenvalue weighted by atomic mass is 10.0.